The van der Waals surface area contributed by atoms with Gasteiger partial charge in [0, 0.05) is 30.4 Å². The molecule has 158 valence electrons. The van der Waals surface area contributed by atoms with Crippen LogP contribution < -0.4 is 0 Å². The molecule has 0 aliphatic carbocycles. The van der Waals surface area contributed by atoms with Crippen LogP contribution in [-0.4, -0.2) is 44.8 Å². The van der Waals surface area contributed by atoms with Crippen molar-refractivity contribution in [1.29, 1.82) is 0 Å². The van der Waals surface area contributed by atoms with Crippen LogP contribution in [-0.2, 0) is 6.42 Å². The van der Waals surface area contributed by atoms with E-state index < -0.39 is 0 Å². The maximum absolute atomic E-state index is 12.9. The van der Waals surface area contributed by atoms with E-state index in [1.54, 1.807) is 11.1 Å². The molecule has 0 saturated heterocycles. The molecule has 0 bridgehead atoms. The minimum atomic E-state index is -0.00586. The normalized spacial score (nSPS) is 10.9. The van der Waals surface area contributed by atoms with Crippen LogP contribution in [0.5, 0.6) is 0 Å². The number of carbonyl (C=O) groups is 1. The van der Waals surface area contributed by atoms with E-state index in [-0.39, 0.29) is 5.91 Å². The van der Waals surface area contributed by atoms with Crippen LogP contribution in [0, 0.1) is 0 Å². The molecule has 0 atom stereocenters. The number of hydrogen-bond acceptors (Lipinski definition) is 3. The van der Waals surface area contributed by atoms with Gasteiger partial charge in [0.25, 0.3) is 5.91 Å². The molecule has 0 saturated carbocycles. The van der Waals surface area contributed by atoms with Gasteiger partial charge in [0.1, 0.15) is 0 Å². The lowest BCUT2D eigenvalue weighted by Crippen LogP contribution is -2.27. The summed E-state index contributed by atoms with van der Waals surface area (Å²) in [5.74, 6) is -0.00586. The van der Waals surface area contributed by atoms with E-state index in [1.165, 1.54) is 0 Å². The van der Waals surface area contributed by atoms with Crippen LogP contribution in [0.25, 0.3) is 22.5 Å². The fraction of sp³-hybridized carbons (Fsp3) is 0.240. The molecule has 6 heteroatoms. The van der Waals surface area contributed by atoms with Gasteiger partial charge >= 0.3 is 0 Å². The average molecular weight is 414 g/mol. The highest BCUT2D eigenvalue weighted by Gasteiger charge is 2.18. The topological polar surface area (TPSA) is 77.7 Å². The molecule has 6 nitrogen and oxygen atoms in total. The molecule has 4 rings (SSSR count). The van der Waals surface area contributed by atoms with E-state index in [0.717, 1.165) is 60.4 Å². The lowest BCUT2D eigenvalue weighted by molar-refractivity contribution is 0.0793. The average Bonchev–Trinajstić information content (AvgIpc) is 3.49. The fourth-order valence-electron chi connectivity index (χ4n) is 3.67. The molecular weight excluding hydrogens is 386 g/mol. The second-order valence-corrected chi connectivity index (χ2v) is 7.71. The molecule has 2 aromatic carbocycles. The van der Waals surface area contributed by atoms with Gasteiger partial charge in [-0.1, -0.05) is 67.1 Å². The molecule has 0 unspecified atom stereocenters. The standard InChI is InChI=1S/C25H27N5O/c1-30(25(31)22-18-26-29-24(22)20-13-7-3-8-14-20)16-10-4-9-15-21-17-23(28-27-21)19-11-5-2-6-12-19/h2-3,5-8,11-14,17-18H,4,9-10,15-16H2,1H3,(H,26,29)(H,27,28). The second kappa shape index (κ2) is 9.89. The lowest BCUT2D eigenvalue weighted by Gasteiger charge is -2.17. The summed E-state index contributed by atoms with van der Waals surface area (Å²) in [7, 11) is 1.85. The van der Waals surface area contributed by atoms with Crippen molar-refractivity contribution in [2.24, 2.45) is 0 Å². The quantitative estimate of drug-likeness (QED) is 0.381. The molecule has 0 aliphatic rings. The zero-order chi connectivity index (χ0) is 21.5. The van der Waals surface area contributed by atoms with Crippen LogP contribution in [0.15, 0.2) is 72.9 Å². The smallest absolute Gasteiger partial charge is 0.257 e. The molecule has 2 aromatic heterocycles. The largest absolute Gasteiger partial charge is 0.342 e. The van der Waals surface area contributed by atoms with Crippen molar-refractivity contribution in [2.45, 2.75) is 25.7 Å². The first kappa shape index (κ1) is 20.6. The number of benzene rings is 2. The van der Waals surface area contributed by atoms with E-state index in [0.29, 0.717) is 5.56 Å². The van der Waals surface area contributed by atoms with Crippen molar-refractivity contribution in [2.75, 3.05) is 13.6 Å². The SMILES string of the molecule is CN(CCCCCc1cc(-c2ccccc2)n[nH]1)C(=O)c1cn[nH]c1-c1ccccc1. The van der Waals surface area contributed by atoms with Gasteiger partial charge < -0.3 is 4.90 Å². The van der Waals surface area contributed by atoms with Gasteiger partial charge in [0.15, 0.2) is 0 Å². The van der Waals surface area contributed by atoms with Crippen molar-refractivity contribution < 1.29 is 4.79 Å². The molecule has 2 N–H and O–H groups in total. The summed E-state index contributed by atoms with van der Waals surface area (Å²) in [5, 5.41) is 14.6. The Balaban J connectivity index is 1.23. The Morgan fingerprint density at radius 2 is 1.61 bits per heavy atom. The van der Waals surface area contributed by atoms with E-state index in [1.807, 2.05) is 55.6 Å². The van der Waals surface area contributed by atoms with Crippen molar-refractivity contribution in [3.05, 3.63) is 84.2 Å². The van der Waals surface area contributed by atoms with Crippen LogP contribution >= 0.6 is 0 Å². The Hall–Kier alpha value is -3.67. The molecule has 0 spiro atoms. The van der Waals surface area contributed by atoms with Gasteiger partial charge in [-0.05, 0) is 25.3 Å². The van der Waals surface area contributed by atoms with E-state index >= 15 is 0 Å². The lowest BCUT2D eigenvalue weighted by atomic mass is 10.1. The molecule has 1 amide bonds. The van der Waals surface area contributed by atoms with Gasteiger partial charge in [-0.25, -0.2) is 0 Å². The summed E-state index contributed by atoms with van der Waals surface area (Å²) < 4.78 is 0. The zero-order valence-corrected chi connectivity index (χ0v) is 17.7. The number of nitrogens with zero attached hydrogens (tertiary/aromatic N) is 3. The Labute approximate surface area is 182 Å². The summed E-state index contributed by atoms with van der Waals surface area (Å²) in [4.78, 5) is 14.7. The second-order valence-electron chi connectivity index (χ2n) is 7.71. The van der Waals surface area contributed by atoms with E-state index in [2.05, 4.69) is 38.6 Å². The third-order valence-electron chi connectivity index (χ3n) is 5.42. The third kappa shape index (κ3) is 5.09. The highest BCUT2D eigenvalue weighted by Crippen LogP contribution is 2.22. The zero-order valence-electron chi connectivity index (χ0n) is 17.7. The van der Waals surface area contributed by atoms with Crippen molar-refractivity contribution in [3.8, 4) is 22.5 Å². The highest BCUT2D eigenvalue weighted by molar-refractivity contribution is 5.99. The molecule has 2 heterocycles. The predicted molar refractivity (Wildman–Crippen MR) is 123 cm³/mol. The number of aromatic amines is 2. The number of carbonyl (C=O) groups excluding carboxylic acids is 1. The Bertz CT molecular complexity index is 1100. The first-order valence-corrected chi connectivity index (χ1v) is 10.7. The maximum Gasteiger partial charge on any atom is 0.257 e. The number of amides is 1. The number of aromatic nitrogens is 4. The van der Waals surface area contributed by atoms with Crippen molar-refractivity contribution in [1.82, 2.24) is 25.3 Å². The Morgan fingerprint density at radius 3 is 2.35 bits per heavy atom. The molecule has 0 aliphatic heterocycles. The van der Waals surface area contributed by atoms with Gasteiger partial charge in [-0.2, -0.15) is 10.2 Å². The Kier molecular flexibility index (Phi) is 6.57. The first-order valence-electron chi connectivity index (χ1n) is 10.7. The fourth-order valence-corrected chi connectivity index (χ4v) is 3.67. The summed E-state index contributed by atoms with van der Waals surface area (Å²) in [5.41, 5.74) is 5.60. The van der Waals surface area contributed by atoms with E-state index in [4.69, 9.17) is 0 Å². The Morgan fingerprint density at radius 1 is 0.903 bits per heavy atom. The van der Waals surface area contributed by atoms with Crippen molar-refractivity contribution >= 4 is 5.91 Å². The third-order valence-corrected chi connectivity index (χ3v) is 5.42. The minimum Gasteiger partial charge on any atom is -0.342 e. The maximum atomic E-state index is 12.9. The number of H-pyrrole nitrogens is 2. The summed E-state index contributed by atoms with van der Waals surface area (Å²) in [6, 6.07) is 22.1. The number of hydrogen-bond donors (Lipinski definition) is 2. The number of rotatable bonds is 9. The monoisotopic (exact) mass is 413 g/mol. The number of unbranched alkanes of at least 4 members (excludes halogenated alkanes) is 2. The summed E-state index contributed by atoms with van der Waals surface area (Å²) in [6.45, 7) is 0.719. The van der Waals surface area contributed by atoms with Crippen LogP contribution in [0.4, 0.5) is 0 Å². The molecule has 4 aromatic rings. The van der Waals surface area contributed by atoms with E-state index in [9.17, 15) is 4.79 Å². The van der Waals surface area contributed by atoms with Gasteiger partial charge in [0.05, 0.1) is 23.1 Å². The van der Waals surface area contributed by atoms with Crippen LogP contribution in [0.3, 0.4) is 0 Å². The van der Waals surface area contributed by atoms with Crippen LogP contribution in [0.2, 0.25) is 0 Å². The molecular formula is C25H27N5O. The molecule has 0 fully saturated rings. The predicted octanol–water partition coefficient (Wildman–Crippen LogP) is 4.95. The molecule has 31 heavy (non-hydrogen) atoms. The summed E-state index contributed by atoms with van der Waals surface area (Å²) in [6.07, 6.45) is 5.63. The minimum absolute atomic E-state index is 0.00586. The van der Waals surface area contributed by atoms with Crippen LogP contribution in [0.1, 0.15) is 35.3 Å². The highest BCUT2D eigenvalue weighted by atomic mass is 16.2. The summed E-state index contributed by atoms with van der Waals surface area (Å²) >= 11 is 0. The van der Waals surface area contributed by atoms with Gasteiger partial charge in [0.2, 0.25) is 0 Å². The van der Waals surface area contributed by atoms with Gasteiger partial charge in [-0.3, -0.25) is 15.0 Å². The number of aryl methyl sites for hydroxylation is 1. The van der Waals surface area contributed by atoms with Gasteiger partial charge in [-0.15, -0.1) is 0 Å². The van der Waals surface area contributed by atoms with Crippen molar-refractivity contribution in [3.63, 3.8) is 0 Å². The first-order chi connectivity index (χ1) is 15.2. The molecule has 0 radical (unpaired) electrons. The number of nitrogens with one attached hydrogen (secondary N) is 2.